The Bertz CT molecular complexity index is 1950. The second-order valence-corrected chi connectivity index (χ2v) is 11.9. The summed E-state index contributed by atoms with van der Waals surface area (Å²) in [5.74, 6) is -0.676. The maximum Gasteiger partial charge on any atom is 0.295 e. The van der Waals surface area contributed by atoms with Gasteiger partial charge in [0.05, 0.1) is 18.0 Å². The maximum atomic E-state index is 11.9. The van der Waals surface area contributed by atoms with Gasteiger partial charge in [0.1, 0.15) is 15.9 Å². The van der Waals surface area contributed by atoms with E-state index >= 15 is 0 Å². The summed E-state index contributed by atoms with van der Waals surface area (Å²) in [7, 11) is -9.15. The molecular weight excluding hydrogens is 588 g/mol. The molecule has 13 nitrogen and oxygen atoms in total. The molecule has 1 atom stereocenters. The van der Waals surface area contributed by atoms with E-state index in [1.807, 2.05) is 0 Å². The van der Waals surface area contributed by atoms with Crippen LogP contribution < -0.4 is 0 Å². The van der Waals surface area contributed by atoms with Gasteiger partial charge < -0.3 is 15.3 Å². The fraction of sp³-hybridized carbons (Fsp3) is 0.111. The molecule has 0 amide bonds. The number of hydrogen-bond acceptors (Lipinski definition) is 11. The van der Waals surface area contributed by atoms with Crippen molar-refractivity contribution in [2.24, 2.45) is 20.5 Å². The van der Waals surface area contributed by atoms with Gasteiger partial charge in [-0.15, -0.1) is 10.2 Å². The lowest BCUT2D eigenvalue weighted by molar-refractivity contribution is 0.107. The van der Waals surface area contributed by atoms with E-state index in [4.69, 9.17) is 0 Å². The van der Waals surface area contributed by atoms with Crippen molar-refractivity contribution in [1.82, 2.24) is 0 Å². The van der Waals surface area contributed by atoms with Gasteiger partial charge in [-0.25, -0.2) is 0 Å². The lowest BCUT2D eigenvalue weighted by atomic mass is 9.92. The van der Waals surface area contributed by atoms with Crippen molar-refractivity contribution in [3.63, 3.8) is 0 Å². The molecule has 15 heteroatoms. The van der Waals surface area contributed by atoms with Crippen molar-refractivity contribution in [3.05, 3.63) is 96.3 Å². The van der Waals surface area contributed by atoms with Crippen LogP contribution in [0.2, 0.25) is 0 Å². The zero-order valence-corrected chi connectivity index (χ0v) is 23.0. The number of azo groups is 2. The summed E-state index contributed by atoms with van der Waals surface area (Å²) >= 11 is 0. The molecule has 0 radical (unpaired) electrons. The summed E-state index contributed by atoms with van der Waals surface area (Å²) < 4.78 is 66.8. The molecule has 0 spiro atoms. The molecular formula is C27H22N4O9S2. The Morgan fingerprint density at radius 3 is 1.52 bits per heavy atom. The van der Waals surface area contributed by atoms with Crippen LogP contribution >= 0.6 is 0 Å². The lowest BCUT2D eigenvalue weighted by Gasteiger charge is -2.30. The van der Waals surface area contributed by atoms with Crippen LogP contribution in [0.1, 0.15) is 0 Å². The van der Waals surface area contributed by atoms with Crippen molar-refractivity contribution in [2.45, 2.75) is 21.6 Å². The molecule has 5 N–H and O–H groups in total. The van der Waals surface area contributed by atoms with Crippen LogP contribution in [0, 0.1) is 0 Å². The van der Waals surface area contributed by atoms with E-state index in [0.717, 1.165) is 12.1 Å². The van der Waals surface area contributed by atoms with Gasteiger partial charge >= 0.3 is 0 Å². The normalized spacial score (nSPS) is 20.0. The van der Waals surface area contributed by atoms with Gasteiger partial charge in [-0.1, -0.05) is 60.7 Å². The largest absolute Gasteiger partial charge is 0.507 e. The summed E-state index contributed by atoms with van der Waals surface area (Å²) in [4.78, 5) is -0.727. The average Bonchev–Trinajstić information content (AvgIpc) is 2.95. The first-order valence-electron chi connectivity index (χ1n) is 12.1. The molecule has 0 bridgehead atoms. The van der Waals surface area contributed by atoms with Gasteiger partial charge in [0.15, 0.2) is 5.76 Å². The highest BCUT2D eigenvalue weighted by Gasteiger charge is 2.46. The smallest absolute Gasteiger partial charge is 0.295 e. The van der Waals surface area contributed by atoms with E-state index in [0.29, 0.717) is 0 Å². The second kappa shape index (κ2) is 10.8. The first-order chi connectivity index (χ1) is 19.9. The minimum absolute atomic E-state index is 0.0450. The summed E-state index contributed by atoms with van der Waals surface area (Å²) in [6.07, 6.45) is 0.838. The van der Waals surface area contributed by atoms with E-state index in [-0.39, 0.29) is 48.3 Å². The van der Waals surface area contributed by atoms with E-state index in [1.165, 1.54) is 48.6 Å². The molecule has 5 rings (SSSR count). The number of fused-ring (bicyclic) bond motifs is 2. The van der Waals surface area contributed by atoms with Crippen LogP contribution in [0.4, 0.5) is 11.4 Å². The molecule has 1 aliphatic rings. The first kappa shape index (κ1) is 29.1. The molecule has 1 aliphatic carbocycles. The number of hydrogen-bond donors (Lipinski definition) is 5. The molecule has 0 aliphatic heterocycles. The minimum Gasteiger partial charge on any atom is -0.507 e. The van der Waals surface area contributed by atoms with Gasteiger partial charge in [0.25, 0.3) is 25.9 Å². The second-order valence-electron chi connectivity index (χ2n) is 9.17. The number of benzene rings is 4. The van der Waals surface area contributed by atoms with E-state index in [9.17, 15) is 41.3 Å². The third-order valence-electron chi connectivity index (χ3n) is 6.61. The highest BCUT2D eigenvalue weighted by atomic mass is 32.2. The third kappa shape index (κ3) is 5.20. The van der Waals surface area contributed by atoms with Crippen LogP contribution in [0.5, 0.6) is 0 Å². The standard InChI is InChI=1S/C27H22N4O9S2/c32-15-16-9-14-25(33)27(26(16)34,30-28-21-10-12-23(41(35,36)37)19-7-3-1-5-17(19)21)31-29-22-11-13-24(42(38,39)40)20-8-4-2-6-18(20)22/h1-14,25,32-34H,15H2,(H,35,36,37)(H,38,39,40). The highest BCUT2D eigenvalue weighted by molar-refractivity contribution is 7.86. The first-order valence-corrected chi connectivity index (χ1v) is 15.0. The number of nitrogens with zero attached hydrogens (tertiary/aromatic N) is 4. The fourth-order valence-electron chi connectivity index (χ4n) is 4.55. The molecule has 0 heterocycles. The Morgan fingerprint density at radius 1 is 0.690 bits per heavy atom. The third-order valence-corrected chi connectivity index (χ3v) is 8.44. The lowest BCUT2D eigenvalue weighted by Crippen LogP contribution is -2.42. The van der Waals surface area contributed by atoms with Gasteiger partial charge in [0.2, 0.25) is 0 Å². The molecule has 0 fully saturated rings. The summed E-state index contributed by atoms with van der Waals surface area (Å²) in [5.41, 5.74) is -2.18. The number of aliphatic hydroxyl groups is 3. The van der Waals surface area contributed by atoms with Crippen molar-refractivity contribution in [1.29, 1.82) is 0 Å². The molecule has 0 aromatic heterocycles. The Labute approximate surface area is 239 Å². The summed E-state index contributed by atoms with van der Waals surface area (Å²) in [6, 6.07) is 17.1. The van der Waals surface area contributed by atoms with Gasteiger partial charge in [-0.3, -0.25) is 9.11 Å². The van der Waals surface area contributed by atoms with Crippen LogP contribution in [-0.4, -0.2) is 59.6 Å². The van der Waals surface area contributed by atoms with Gasteiger partial charge in [0, 0.05) is 27.1 Å². The van der Waals surface area contributed by atoms with Crippen LogP contribution in [0.3, 0.4) is 0 Å². The van der Waals surface area contributed by atoms with Crippen molar-refractivity contribution in [3.8, 4) is 0 Å². The highest BCUT2D eigenvalue weighted by Crippen LogP contribution is 2.39. The van der Waals surface area contributed by atoms with Crippen LogP contribution in [0.25, 0.3) is 21.5 Å². The zero-order valence-electron chi connectivity index (χ0n) is 21.3. The number of aliphatic hydroxyl groups excluding tert-OH is 3. The maximum absolute atomic E-state index is 11.9. The molecule has 0 saturated heterocycles. The van der Waals surface area contributed by atoms with Crippen LogP contribution in [-0.2, 0) is 20.2 Å². The molecule has 0 saturated carbocycles. The summed E-state index contributed by atoms with van der Waals surface area (Å²) in [5, 5.41) is 49.3. The zero-order chi connectivity index (χ0) is 30.3. The van der Waals surface area contributed by atoms with Gasteiger partial charge in [-0.2, -0.15) is 27.1 Å². The number of rotatable bonds is 7. The fourth-order valence-corrected chi connectivity index (χ4v) is 5.94. The Balaban J connectivity index is 1.70. The Hall–Kier alpha value is -4.38. The van der Waals surface area contributed by atoms with E-state index in [1.54, 1.807) is 24.3 Å². The van der Waals surface area contributed by atoms with E-state index in [2.05, 4.69) is 20.5 Å². The molecule has 42 heavy (non-hydrogen) atoms. The van der Waals surface area contributed by atoms with E-state index < -0.39 is 44.4 Å². The molecule has 4 aromatic carbocycles. The van der Waals surface area contributed by atoms with Gasteiger partial charge in [-0.05, 0) is 24.3 Å². The quantitative estimate of drug-likeness (QED) is 0.143. The SMILES string of the molecule is O=S(=O)(O)c1ccc(N=NC2(N=Nc3ccc(S(=O)(=O)O)c4ccccc34)C(O)=C(CO)C=CC2O)c2ccccc12. The molecule has 1 unspecified atom stereocenters. The monoisotopic (exact) mass is 610 g/mol. The summed E-state index contributed by atoms with van der Waals surface area (Å²) in [6.45, 7) is -0.653. The van der Waals surface area contributed by atoms with Crippen molar-refractivity contribution in [2.75, 3.05) is 6.61 Å². The molecule has 216 valence electrons. The van der Waals surface area contributed by atoms with Crippen molar-refractivity contribution < 1.29 is 41.3 Å². The minimum atomic E-state index is -4.57. The van der Waals surface area contributed by atoms with Crippen molar-refractivity contribution >= 4 is 53.2 Å². The predicted molar refractivity (Wildman–Crippen MR) is 151 cm³/mol. The Morgan fingerprint density at radius 2 is 1.12 bits per heavy atom. The molecule has 4 aromatic rings. The predicted octanol–water partition coefficient (Wildman–Crippen LogP) is 4.79. The average molecular weight is 611 g/mol. The Kier molecular flexibility index (Phi) is 7.48. The van der Waals surface area contributed by atoms with Crippen LogP contribution in [0.15, 0.2) is 127 Å². The topological polar surface area (TPSA) is 219 Å².